The summed E-state index contributed by atoms with van der Waals surface area (Å²) in [4.78, 5) is 40.5. The van der Waals surface area contributed by atoms with Crippen LogP contribution >= 0.6 is 11.6 Å². The number of benzene rings is 2. The maximum atomic E-state index is 13.7. The number of esters is 1. The van der Waals surface area contributed by atoms with E-state index in [9.17, 15) is 22.8 Å². The van der Waals surface area contributed by atoms with Crippen LogP contribution in [0.4, 0.5) is 13.2 Å². The number of aromatic nitrogens is 4. The number of pyridine rings is 1. The smallest absolute Gasteiger partial charge is 0.476 e. The Hall–Kier alpha value is -5.70. The third-order valence-electron chi connectivity index (χ3n) is 9.13. The third kappa shape index (κ3) is 9.70. The van der Waals surface area contributed by atoms with Crippen LogP contribution in [-0.2, 0) is 11.3 Å². The van der Waals surface area contributed by atoms with Crippen LogP contribution in [0, 0.1) is 18.8 Å². The maximum Gasteiger partial charge on any atom is 0.573 e. The van der Waals surface area contributed by atoms with Gasteiger partial charge in [0.2, 0.25) is 11.8 Å². The van der Waals surface area contributed by atoms with Crippen LogP contribution in [0.15, 0.2) is 77.6 Å². The molecule has 2 aliphatic rings. The Bertz CT molecular complexity index is 2170. The van der Waals surface area contributed by atoms with Crippen molar-refractivity contribution in [1.82, 2.24) is 25.4 Å². The van der Waals surface area contributed by atoms with Crippen molar-refractivity contribution in [2.24, 2.45) is 11.8 Å². The lowest BCUT2D eigenvalue weighted by Crippen LogP contribution is -2.46. The van der Waals surface area contributed by atoms with E-state index in [1.807, 2.05) is 0 Å². The average molecular weight is 778 g/mol. The van der Waals surface area contributed by atoms with Crippen molar-refractivity contribution in [1.29, 1.82) is 0 Å². The molecule has 1 N–H and O–H groups in total. The first-order chi connectivity index (χ1) is 26.3. The van der Waals surface area contributed by atoms with Gasteiger partial charge in [0.05, 0.1) is 30.6 Å². The summed E-state index contributed by atoms with van der Waals surface area (Å²) < 4.78 is 65.4. The van der Waals surface area contributed by atoms with Gasteiger partial charge in [0.1, 0.15) is 17.0 Å². The fourth-order valence-corrected chi connectivity index (χ4v) is 5.92. The van der Waals surface area contributed by atoms with Gasteiger partial charge in [-0.3, -0.25) is 4.79 Å². The highest BCUT2D eigenvalue weighted by atomic mass is 35.5. The quantitative estimate of drug-likeness (QED) is 0.103. The van der Waals surface area contributed by atoms with Gasteiger partial charge in [0.15, 0.2) is 18.1 Å². The lowest BCUT2D eigenvalue weighted by molar-refractivity contribution is -0.274. The van der Waals surface area contributed by atoms with Gasteiger partial charge in [-0.05, 0) is 93.5 Å². The molecule has 0 radical (unpaired) electrons. The molecule has 7 rings (SSSR count). The number of alkyl halides is 3. The van der Waals surface area contributed by atoms with E-state index >= 15 is 0 Å². The molecule has 1 atom stereocenters. The van der Waals surface area contributed by atoms with Crippen molar-refractivity contribution in [3.8, 4) is 39.9 Å². The topological polar surface area (TPSA) is 148 Å². The number of ether oxygens (including phenoxy) is 4. The average Bonchev–Trinajstić information content (AvgIpc) is 4.11. The minimum Gasteiger partial charge on any atom is -0.476 e. The molecule has 3 heterocycles. The molecule has 2 saturated carbocycles. The van der Waals surface area contributed by atoms with Crippen LogP contribution in [0.1, 0.15) is 64.9 Å². The summed E-state index contributed by atoms with van der Waals surface area (Å²) >= 11 is 6.13. The molecule has 2 aromatic carbocycles. The van der Waals surface area contributed by atoms with E-state index in [2.05, 4.69) is 30.2 Å². The molecular weight excluding hydrogens is 743 g/mol. The number of amides is 1. The first-order valence-corrected chi connectivity index (χ1v) is 17.9. The van der Waals surface area contributed by atoms with Crippen molar-refractivity contribution >= 4 is 23.5 Å². The van der Waals surface area contributed by atoms with Crippen molar-refractivity contribution in [3.05, 3.63) is 101 Å². The largest absolute Gasteiger partial charge is 0.573 e. The van der Waals surface area contributed by atoms with Crippen molar-refractivity contribution in [3.63, 3.8) is 0 Å². The van der Waals surface area contributed by atoms with Gasteiger partial charge < -0.3 is 28.8 Å². The van der Waals surface area contributed by atoms with Gasteiger partial charge in [0.25, 0.3) is 5.91 Å². The lowest BCUT2D eigenvalue weighted by Gasteiger charge is -2.30. The van der Waals surface area contributed by atoms with Crippen molar-refractivity contribution in [2.45, 2.75) is 58.1 Å². The number of halogens is 4. The van der Waals surface area contributed by atoms with Crippen molar-refractivity contribution < 1.29 is 46.2 Å². The van der Waals surface area contributed by atoms with Crippen molar-refractivity contribution in [2.75, 3.05) is 13.2 Å². The second-order valence-electron chi connectivity index (χ2n) is 13.7. The SMILES string of the molecule is Cc1cc(COc2ncc(C(=O)NC[C@](C)(OC(=O)c3cnc(OCC4CC4)c(-c4ccc(OC(F)(F)F)cc4)n3)C3CC3)cc2-c2ccc(Cl)cc2)on1. The molecule has 0 spiro atoms. The molecule has 5 aromatic rings. The number of rotatable bonds is 15. The highest BCUT2D eigenvalue weighted by molar-refractivity contribution is 6.30. The molecule has 0 aliphatic heterocycles. The third-order valence-corrected chi connectivity index (χ3v) is 9.38. The van der Waals surface area contributed by atoms with Crippen LogP contribution in [-0.4, -0.2) is 57.1 Å². The number of carbonyl (C=O) groups is 2. The zero-order valence-electron chi connectivity index (χ0n) is 29.7. The Morgan fingerprint density at radius 3 is 2.29 bits per heavy atom. The number of nitrogens with one attached hydrogen (secondary N) is 1. The van der Waals surface area contributed by atoms with E-state index < -0.39 is 29.6 Å². The van der Waals surface area contributed by atoms with Crippen LogP contribution in [0.2, 0.25) is 5.02 Å². The summed E-state index contributed by atoms with van der Waals surface area (Å²) in [5, 5.41) is 7.31. The minimum atomic E-state index is -4.85. The number of aryl methyl sites for hydroxylation is 1. The van der Waals surface area contributed by atoms with Crippen LogP contribution < -0.4 is 19.5 Å². The summed E-state index contributed by atoms with van der Waals surface area (Å²) in [5.41, 5.74) is 1.45. The van der Waals surface area contributed by atoms with Crippen LogP contribution in [0.5, 0.6) is 17.5 Å². The number of hydrogen-bond acceptors (Lipinski definition) is 11. The van der Waals surface area contributed by atoms with E-state index in [-0.39, 0.29) is 47.8 Å². The van der Waals surface area contributed by atoms with Crippen LogP contribution in [0.3, 0.4) is 0 Å². The molecule has 286 valence electrons. The van der Waals surface area contributed by atoms with E-state index in [1.54, 1.807) is 50.2 Å². The lowest BCUT2D eigenvalue weighted by atomic mass is 9.99. The zero-order chi connectivity index (χ0) is 38.7. The van der Waals surface area contributed by atoms with E-state index in [4.69, 9.17) is 30.3 Å². The number of carbonyl (C=O) groups excluding carboxylic acids is 2. The van der Waals surface area contributed by atoms with E-state index in [0.29, 0.717) is 45.7 Å². The van der Waals surface area contributed by atoms with Gasteiger partial charge in [-0.1, -0.05) is 28.9 Å². The molecule has 3 aromatic heterocycles. The molecule has 2 aliphatic carbocycles. The molecule has 1 amide bonds. The summed E-state index contributed by atoms with van der Waals surface area (Å²) in [6, 6.07) is 15.4. The molecule has 12 nitrogen and oxygen atoms in total. The van der Waals surface area contributed by atoms with Gasteiger partial charge in [-0.15, -0.1) is 13.2 Å². The predicted octanol–water partition coefficient (Wildman–Crippen LogP) is 8.18. The standard InChI is InChI=1S/C39H35ClF3N5O7/c1-22-15-30(55-48-22)20-52-35-31(24-5-11-28(40)12-6-24)16-26(17-44-35)34(49)46-21-38(2,27-9-10-27)54-37(50)32-18-45-36(51-19-23-3-4-23)33(47-32)25-7-13-29(14-8-25)53-39(41,42)43/h5-8,11-18,23,27H,3-4,9-10,19-21H2,1-2H3,(H,46,49)/t38-/m0/s1. The monoisotopic (exact) mass is 777 g/mol. The van der Waals surface area contributed by atoms with Gasteiger partial charge in [-0.2, -0.15) is 0 Å². The highest BCUT2D eigenvalue weighted by Crippen LogP contribution is 2.42. The highest BCUT2D eigenvalue weighted by Gasteiger charge is 2.45. The number of nitrogens with zero attached hydrogens (tertiary/aromatic N) is 4. The normalized spacial score (nSPS) is 15.2. The summed E-state index contributed by atoms with van der Waals surface area (Å²) in [5.74, 6) is -0.437. The summed E-state index contributed by atoms with van der Waals surface area (Å²) in [6.45, 7) is 3.96. The molecule has 2 fully saturated rings. The second kappa shape index (κ2) is 15.6. The summed E-state index contributed by atoms with van der Waals surface area (Å²) in [6.07, 6.45) is 1.34. The first-order valence-electron chi connectivity index (χ1n) is 17.5. The fraction of sp³-hybridized carbons (Fsp3) is 0.333. The Morgan fingerprint density at radius 2 is 1.64 bits per heavy atom. The second-order valence-corrected chi connectivity index (χ2v) is 14.1. The van der Waals surface area contributed by atoms with Crippen LogP contribution in [0.25, 0.3) is 22.4 Å². The van der Waals surface area contributed by atoms with Gasteiger partial charge in [0, 0.05) is 34.3 Å². The van der Waals surface area contributed by atoms with E-state index in [0.717, 1.165) is 37.8 Å². The van der Waals surface area contributed by atoms with E-state index in [1.165, 1.54) is 24.5 Å². The summed E-state index contributed by atoms with van der Waals surface area (Å²) in [7, 11) is 0. The Balaban J connectivity index is 1.07. The Labute approximate surface area is 318 Å². The fourth-order valence-electron chi connectivity index (χ4n) is 5.80. The molecular formula is C39H35ClF3N5O7. The minimum absolute atomic E-state index is 0.0227. The van der Waals surface area contributed by atoms with Gasteiger partial charge >= 0.3 is 12.3 Å². The predicted molar refractivity (Wildman–Crippen MR) is 192 cm³/mol. The molecule has 55 heavy (non-hydrogen) atoms. The molecule has 0 unspecified atom stereocenters. The Morgan fingerprint density at radius 1 is 0.927 bits per heavy atom. The van der Waals surface area contributed by atoms with Gasteiger partial charge in [-0.25, -0.2) is 19.7 Å². The molecule has 0 saturated heterocycles. The maximum absolute atomic E-state index is 13.7. The zero-order valence-corrected chi connectivity index (χ0v) is 30.4. The Kier molecular flexibility index (Phi) is 10.6. The number of hydrogen-bond donors (Lipinski definition) is 1. The molecule has 0 bridgehead atoms. The first kappa shape index (κ1) is 37.6. The molecule has 16 heteroatoms.